The summed E-state index contributed by atoms with van der Waals surface area (Å²) in [5.74, 6) is 0.135. The molecule has 1 heterocycles. The Morgan fingerprint density at radius 2 is 2.00 bits per heavy atom. The molecule has 2 aromatic carbocycles. The Kier molecular flexibility index (Phi) is 5.03. The molecule has 1 aliphatic carbocycles. The first-order chi connectivity index (χ1) is 13.5. The van der Waals surface area contributed by atoms with E-state index in [1.165, 1.54) is 6.07 Å². The van der Waals surface area contributed by atoms with Crippen LogP contribution in [-0.4, -0.2) is 25.0 Å². The van der Waals surface area contributed by atoms with Crippen molar-refractivity contribution in [2.24, 2.45) is 0 Å². The van der Waals surface area contributed by atoms with Crippen LogP contribution in [0.5, 0.6) is 0 Å². The summed E-state index contributed by atoms with van der Waals surface area (Å²) in [5.41, 5.74) is 3.62. The van der Waals surface area contributed by atoms with Crippen LogP contribution in [0.2, 0.25) is 0 Å². The normalized spacial score (nSPS) is 21.4. The van der Waals surface area contributed by atoms with Crippen molar-refractivity contribution in [1.29, 1.82) is 0 Å². The highest BCUT2D eigenvalue weighted by Crippen LogP contribution is 2.35. The summed E-state index contributed by atoms with van der Waals surface area (Å²) in [5, 5.41) is 5.89. The van der Waals surface area contributed by atoms with E-state index in [2.05, 4.69) is 10.6 Å². The van der Waals surface area contributed by atoms with Gasteiger partial charge >= 0.3 is 6.03 Å². The Balaban J connectivity index is 1.36. The van der Waals surface area contributed by atoms with Crippen LogP contribution in [0.1, 0.15) is 42.7 Å². The Labute approximate surface area is 163 Å². The van der Waals surface area contributed by atoms with Crippen molar-refractivity contribution in [1.82, 2.24) is 5.32 Å². The van der Waals surface area contributed by atoms with Crippen molar-refractivity contribution in [3.05, 3.63) is 59.4 Å². The molecule has 0 radical (unpaired) electrons. The quantitative estimate of drug-likeness (QED) is 0.837. The third-order valence-corrected chi connectivity index (χ3v) is 5.77. The maximum Gasteiger partial charge on any atom is 0.319 e. The third kappa shape index (κ3) is 3.86. The van der Waals surface area contributed by atoms with Crippen LogP contribution in [-0.2, 0) is 11.2 Å². The van der Waals surface area contributed by atoms with Gasteiger partial charge < -0.3 is 15.5 Å². The molecule has 146 valence electrons. The second kappa shape index (κ2) is 7.62. The molecular weight excluding hydrogens is 357 g/mol. The van der Waals surface area contributed by atoms with Gasteiger partial charge in [-0.3, -0.25) is 4.79 Å². The number of benzene rings is 2. The highest BCUT2D eigenvalue weighted by molar-refractivity contribution is 5.97. The van der Waals surface area contributed by atoms with E-state index in [9.17, 15) is 14.0 Å². The summed E-state index contributed by atoms with van der Waals surface area (Å²) in [7, 11) is 1.76. The van der Waals surface area contributed by atoms with Gasteiger partial charge in [-0.15, -0.1) is 0 Å². The van der Waals surface area contributed by atoms with Crippen LogP contribution < -0.4 is 15.5 Å². The first-order valence-electron chi connectivity index (χ1n) is 9.72. The second-order valence-corrected chi connectivity index (χ2v) is 7.66. The summed E-state index contributed by atoms with van der Waals surface area (Å²) in [4.78, 5) is 26.0. The molecule has 0 bridgehead atoms. The zero-order chi connectivity index (χ0) is 19.7. The molecule has 0 aromatic heterocycles. The van der Waals surface area contributed by atoms with Gasteiger partial charge in [0, 0.05) is 30.9 Å². The molecule has 5 nitrogen and oxygen atoms in total. The molecule has 28 heavy (non-hydrogen) atoms. The molecule has 0 spiro atoms. The standard InChI is InChI=1S/C22H24FN3O2/c1-26-20-13-19(8-5-14(20)7-10-21(26)27)25-22(28)24-18-9-6-16(12-18)15-3-2-4-17(23)11-15/h2-5,8,11,13,16,18H,6-7,9-10,12H2,1H3,(H2,24,25,28). The lowest BCUT2D eigenvalue weighted by Gasteiger charge is -2.26. The fourth-order valence-electron chi connectivity index (χ4n) is 4.24. The van der Waals surface area contributed by atoms with Crippen molar-refractivity contribution in [2.45, 2.75) is 44.1 Å². The number of nitrogens with zero attached hydrogens (tertiary/aromatic N) is 1. The lowest BCUT2D eigenvalue weighted by Crippen LogP contribution is -2.36. The molecule has 1 fully saturated rings. The molecule has 0 saturated heterocycles. The van der Waals surface area contributed by atoms with Gasteiger partial charge in [-0.2, -0.15) is 0 Å². The van der Waals surface area contributed by atoms with E-state index in [4.69, 9.17) is 0 Å². The third-order valence-electron chi connectivity index (χ3n) is 5.77. The van der Waals surface area contributed by atoms with Crippen LogP contribution >= 0.6 is 0 Å². The van der Waals surface area contributed by atoms with Gasteiger partial charge in [-0.05, 0) is 67.0 Å². The van der Waals surface area contributed by atoms with Crippen molar-refractivity contribution in [3.63, 3.8) is 0 Å². The minimum atomic E-state index is -0.255. The van der Waals surface area contributed by atoms with Gasteiger partial charge in [0.25, 0.3) is 0 Å². The molecule has 1 saturated carbocycles. The molecule has 2 unspecified atom stereocenters. The maximum atomic E-state index is 13.4. The Morgan fingerprint density at radius 3 is 2.82 bits per heavy atom. The number of rotatable bonds is 3. The number of hydrogen-bond donors (Lipinski definition) is 2. The van der Waals surface area contributed by atoms with Crippen molar-refractivity contribution in [3.8, 4) is 0 Å². The average Bonchev–Trinajstić information content (AvgIpc) is 3.13. The summed E-state index contributed by atoms with van der Waals surface area (Å²) in [6, 6.07) is 12.2. The van der Waals surface area contributed by atoms with Gasteiger partial charge in [0.1, 0.15) is 5.82 Å². The number of amides is 3. The molecular formula is C22H24FN3O2. The fraction of sp³-hybridized carbons (Fsp3) is 0.364. The molecule has 1 aliphatic heterocycles. The Morgan fingerprint density at radius 1 is 1.14 bits per heavy atom. The number of urea groups is 1. The number of aryl methyl sites for hydroxylation is 1. The second-order valence-electron chi connectivity index (χ2n) is 7.66. The minimum absolute atomic E-state index is 0.0649. The summed E-state index contributed by atoms with van der Waals surface area (Å²) >= 11 is 0. The summed E-state index contributed by atoms with van der Waals surface area (Å²) in [6.07, 6.45) is 3.86. The maximum absolute atomic E-state index is 13.4. The van der Waals surface area contributed by atoms with E-state index in [-0.39, 0.29) is 29.7 Å². The van der Waals surface area contributed by atoms with E-state index >= 15 is 0 Å². The number of nitrogens with one attached hydrogen (secondary N) is 2. The summed E-state index contributed by atoms with van der Waals surface area (Å²) in [6.45, 7) is 0. The molecule has 2 atom stereocenters. The Bertz CT molecular complexity index is 914. The zero-order valence-corrected chi connectivity index (χ0v) is 15.9. The molecule has 2 aromatic rings. The van der Waals surface area contributed by atoms with Crippen LogP contribution in [0, 0.1) is 5.82 Å². The van der Waals surface area contributed by atoms with Gasteiger partial charge in [0.05, 0.1) is 0 Å². The fourth-order valence-corrected chi connectivity index (χ4v) is 4.24. The van der Waals surface area contributed by atoms with Crippen molar-refractivity contribution in [2.75, 3.05) is 17.3 Å². The van der Waals surface area contributed by atoms with E-state index in [1.54, 1.807) is 24.1 Å². The van der Waals surface area contributed by atoms with Crippen LogP contribution in [0.15, 0.2) is 42.5 Å². The van der Waals surface area contributed by atoms with Gasteiger partial charge in [-0.1, -0.05) is 18.2 Å². The Hall–Kier alpha value is -2.89. The number of hydrogen-bond acceptors (Lipinski definition) is 2. The van der Waals surface area contributed by atoms with Gasteiger partial charge in [0.2, 0.25) is 5.91 Å². The molecule has 2 aliphatic rings. The molecule has 4 rings (SSSR count). The average molecular weight is 381 g/mol. The largest absolute Gasteiger partial charge is 0.335 e. The predicted molar refractivity (Wildman–Crippen MR) is 107 cm³/mol. The van der Waals surface area contributed by atoms with E-state index in [0.29, 0.717) is 12.1 Å². The van der Waals surface area contributed by atoms with Crippen molar-refractivity contribution < 1.29 is 14.0 Å². The lowest BCUT2D eigenvalue weighted by molar-refractivity contribution is -0.118. The summed E-state index contributed by atoms with van der Waals surface area (Å²) < 4.78 is 13.4. The van der Waals surface area contributed by atoms with Gasteiger partial charge in [-0.25, -0.2) is 9.18 Å². The number of carbonyl (C=O) groups is 2. The monoisotopic (exact) mass is 381 g/mol. The van der Waals surface area contributed by atoms with E-state index < -0.39 is 0 Å². The first kappa shape index (κ1) is 18.5. The first-order valence-corrected chi connectivity index (χ1v) is 9.72. The number of fused-ring (bicyclic) bond motifs is 1. The molecule has 6 heteroatoms. The number of halogens is 1. The topological polar surface area (TPSA) is 61.4 Å². The van der Waals surface area contributed by atoms with Crippen LogP contribution in [0.4, 0.5) is 20.6 Å². The number of carbonyl (C=O) groups excluding carboxylic acids is 2. The number of anilines is 2. The molecule has 2 N–H and O–H groups in total. The SMILES string of the molecule is CN1C(=O)CCc2ccc(NC(=O)NC3CCC(c4cccc(F)c4)C3)cc21. The zero-order valence-electron chi connectivity index (χ0n) is 15.9. The predicted octanol–water partition coefficient (Wildman–Crippen LogP) is 4.19. The van der Waals surface area contributed by atoms with Gasteiger partial charge in [0.15, 0.2) is 0 Å². The van der Waals surface area contributed by atoms with Crippen LogP contribution in [0.25, 0.3) is 0 Å². The smallest absolute Gasteiger partial charge is 0.319 e. The van der Waals surface area contributed by atoms with E-state index in [1.807, 2.05) is 24.3 Å². The van der Waals surface area contributed by atoms with Crippen molar-refractivity contribution >= 4 is 23.3 Å². The lowest BCUT2D eigenvalue weighted by atomic mass is 9.97. The molecule has 3 amide bonds. The minimum Gasteiger partial charge on any atom is -0.335 e. The highest BCUT2D eigenvalue weighted by Gasteiger charge is 2.27. The van der Waals surface area contributed by atoms with E-state index in [0.717, 1.165) is 42.5 Å². The van der Waals surface area contributed by atoms with Crippen LogP contribution in [0.3, 0.4) is 0 Å². The highest BCUT2D eigenvalue weighted by atomic mass is 19.1.